The van der Waals surface area contributed by atoms with Crippen LogP contribution in [0.4, 0.5) is 24.7 Å². The molecule has 0 aliphatic carbocycles. The Morgan fingerprint density at radius 3 is 2.50 bits per heavy atom. The van der Waals surface area contributed by atoms with E-state index in [0.29, 0.717) is 5.56 Å². The standard InChI is InChI=1S/C15H15F3N4O2/c16-15(17,18)13(20-9-11-5-2-1-3-6-11)10-21-14-12(22(23)24)7-4-8-19-14/h1-8,13,20H,9-10H2,(H,19,21)/t13-/m1/s1. The molecular formula is C15H15F3N4O2. The van der Waals surface area contributed by atoms with Crippen molar-refractivity contribution < 1.29 is 18.1 Å². The first kappa shape index (κ1) is 17.7. The van der Waals surface area contributed by atoms with Crippen molar-refractivity contribution in [1.82, 2.24) is 10.3 Å². The fourth-order valence-corrected chi connectivity index (χ4v) is 2.02. The number of nitrogens with zero attached hydrogens (tertiary/aromatic N) is 2. The van der Waals surface area contributed by atoms with Crippen LogP contribution in [0.5, 0.6) is 0 Å². The average molecular weight is 340 g/mol. The zero-order valence-electron chi connectivity index (χ0n) is 12.5. The molecule has 0 fully saturated rings. The molecule has 0 spiro atoms. The van der Waals surface area contributed by atoms with Gasteiger partial charge in [0.05, 0.1) is 4.92 Å². The van der Waals surface area contributed by atoms with Gasteiger partial charge in [-0.25, -0.2) is 4.98 Å². The number of alkyl halides is 3. The van der Waals surface area contributed by atoms with Gasteiger partial charge in [0, 0.05) is 25.4 Å². The van der Waals surface area contributed by atoms with Crippen LogP contribution < -0.4 is 10.6 Å². The molecule has 9 heteroatoms. The van der Waals surface area contributed by atoms with Gasteiger partial charge in [-0.15, -0.1) is 0 Å². The Bertz CT molecular complexity index is 680. The van der Waals surface area contributed by atoms with Crippen molar-refractivity contribution in [3.8, 4) is 0 Å². The largest absolute Gasteiger partial charge is 0.405 e. The SMILES string of the molecule is O=[N+]([O-])c1cccnc1NC[C@@H](NCc1ccccc1)C(F)(F)F. The van der Waals surface area contributed by atoms with Gasteiger partial charge in [-0.1, -0.05) is 30.3 Å². The third-order valence-corrected chi connectivity index (χ3v) is 3.25. The van der Waals surface area contributed by atoms with Crippen molar-refractivity contribution in [3.63, 3.8) is 0 Å². The predicted molar refractivity (Wildman–Crippen MR) is 82.5 cm³/mol. The van der Waals surface area contributed by atoms with Gasteiger partial charge in [-0.05, 0) is 11.6 Å². The van der Waals surface area contributed by atoms with Crippen LogP contribution in [0.15, 0.2) is 48.7 Å². The minimum Gasteiger partial charge on any atom is -0.362 e. The van der Waals surface area contributed by atoms with E-state index in [9.17, 15) is 23.3 Å². The van der Waals surface area contributed by atoms with Crippen LogP contribution in [0, 0.1) is 10.1 Å². The molecule has 1 aromatic heterocycles. The Labute approximate surface area is 135 Å². The number of hydrogen-bond acceptors (Lipinski definition) is 5. The summed E-state index contributed by atoms with van der Waals surface area (Å²) in [6.45, 7) is -0.550. The first-order valence-corrected chi connectivity index (χ1v) is 7.05. The monoisotopic (exact) mass is 340 g/mol. The average Bonchev–Trinajstić information content (AvgIpc) is 2.54. The predicted octanol–water partition coefficient (Wildman–Crippen LogP) is 3.12. The minimum absolute atomic E-state index is 0.0248. The lowest BCUT2D eigenvalue weighted by Crippen LogP contribution is -2.46. The van der Waals surface area contributed by atoms with E-state index in [1.807, 2.05) is 0 Å². The molecule has 6 nitrogen and oxygen atoms in total. The van der Waals surface area contributed by atoms with Gasteiger partial charge in [0.25, 0.3) is 0 Å². The quantitative estimate of drug-likeness (QED) is 0.598. The highest BCUT2D eigenvalue weighted by atomic mass is 19.4. The molecule has 0 amide bonds. The maximum absolute atomic E-state index is 13.1. The zero-order valence-corrected chi connectivity index (χ0v) is 12.5. The van der Waals surface area contributed by atoms with Crippen molar-refractivity contribution in [3.05, 3.63) is 64.3 Å². The van der Waals surface area contributed by atoms with Crippen LogP contribution in [0.3, 0.4) is 0 Å². The highest BCUT2D eigenvalue weighted by Crippen LogP contribution is 2.24. The van der Waals surface area contributed by atoms with E-state index in [1.165, 1.54) is 18.3 Å². The Morgan fingerprint density at radius 2 is 1.88 bits per heavy atom. The summed E-state index contributed by atoms with van der Waals surface area (Å²) in [5.74, 6) is -0.196. The normalized spacial score (nSPS) is 12.6. The summed E-state index contributed by atoms with van der Waals surface area (Å²) in [5, 5.41) is 15.7. The number of rotatable bonds is 7. The lowest BCUT2D eigenvalue weighted by atomic mass is 10.2. The van der Waals surface area contributed by atoms with Crippen LogP contribution in [0.25, 0.3) is 0 Å². The van der Waals surface area contributed by atoms with E-state index in [4.69, 9.17) is 0 Å². The molecule has 0 radical (unpaired) electrons. The molecule has 1 atom stereocenters. The van der Waals surface area contributed by atoms with Crippen LogP contribution in [0.1, 0.15) is 5.56 Å². The Kier molecular flexibility index (Phi) is 5.69. The maximum Gasteiger partial charge on any atom is 0.405 e. The third-order valence-electron chi connectivity index (χ3n) is 3.25. The molecule has 2 aromatic rings. The van der Waals surface area contributed by atoms with E-state index in [2.05, 4.69) is 15.6 Å². The van der Waals surface area contributed by atoms with Crippen LogP contribution in [-0.2, 0) is 6.54 Å². The van der Waals surface area contributed by atoms with Gasteiger partial charge < -0.3 is 10.6 Å². The summed E-state index contributed by atoms with van der Waals surface area (Å²) in [6, 6.07) is 9.29. The highest BCUT2D eigenvalue weighted by Gasteiger charge is 2.39. The molecule has 0 unspecified atom stereocenters. The van der Waals surface area contributed by atoms with Crippen LogP contribution in [0.2, 0.25) is 0 Å². The van der Waals surface area contributed by atoms with Gasteiger partial charge in [0.1, 0.15) is 6.04 Å². The summed E-state index contributed by atoms with van der Waals surface area (Å²) in [4.78, 5) is 13.9. The number of benzene rings is 1. The first-order valence-electron chi connectivity index (χ1n) is 7.05. The van der Waals surface area contributed by atoms with Gasteiger partial charge >= 0.3 is 11.9 Å². The smallest absolute Gasteiger partial charge is 0.362 e. The molecule has 0 bridgehead atoms. The number of anilines is 1. The Morgan fingerprint density at radius 1 is 1.17 bits per heavy atom. The van der Waals surface area contributed by atoms with E-state index < -0.39 is 23.7 Å². The van der Waals surface area contributed by atoms with Gasteiger partial charge in [0.15, 0.2) is 0 Å². The second-order valence-corrected chi connectivity index (χ2v) is 4.97. The van der Waals surface area contributed by atoms with Crippen LogP contribution in [-0.4, -0.2) is 28.7 Å². The molecule has 0 saturated carbocycles. The second-order valence-electron chi connectivity index (χ2n) is 4.97. The number of hydrogen-bond donors (Lipinski definition) is 2. The molecular weight excluding hydrogens is 325 g/mol. The molecule has 0 aliphatic heterocycles. The summed E-state index contributed by atoms with van der Waals surface area (Å²) < 4.78 is 39.4. The van der Waals surface area contributed by atoms with Crippen molar-refractivity contribution >= 4 is 11.5 Å². The zero-order chi connectivity index (χ0) is 17.6. The molecule has 2 rings (SSSR count). The lowest BCUT2D eigenvalue weighted by Gasteiger charge is -2.22. The molecule has 0 aliphatic rings. The van der Waals surface area contributed by atoms with E-state index in [0.717, 1.165) is 0 Å². The van der Waals surface area contributed by atoms with Crippen molar-refractivity contribution in [1.29, 1.82) is 0 Å². The Hall–Kier alpha value is -2.68. The second kappa shape index (κ2) is 7.73. The van der Waals surface area contributed by atoms with E-state index in [1.54, 1.807) is 30.3 Å². The highest BCUT2D eigenvalue weighted by molar-refractivity contribution is 5.55. The topological polar surface area (TPSA) is 80.1 Å². The fraction of sp³-hybridized carbons (Fsp3) is 0.267. The van der Waals surface area contributed by atoms with E-state index in [-0.39, 0.29) is 18.1 Å². The molecule has 0 saturated heterocycles. The van der Waals surface area contributed by atoms with Crippen molar-refractivity contribution in [2.45, 2.75) is 18.8 Å². The third kappa shape index (κ3) is 4.92. The molecule has 128 valence electrons. The minimum atomic E-state index is -4.51. The summed E-state index contributed by atoms with van der Waals surface area (Å²) >= 11 is 0. The molecule has 2 N–H and O–H groups in total. The van der Waals surface area contributed by atoms with Gasteiger partial charge in [0.2, 0.25) is 5.82 Å². The van der Waals surface area contributed by atoms with Gasteiger partial charge in [-0.3, -0.25) is 10.1 Å². The van der Waals surface area contributed by atoms with Crippen LogP contribution >= 0.6 is 0 Å². The number of nitrogens with one attached hydrogen (secondary N) is 2. The molecule has 24 heavy (non-hydrogen) atoms. The Balaban J connectivity index is 2.03. The number of nitro groups is 1. The van der Waals surface area contributed by atoms with Crippen molar-refractivity contribution in [2.24, 2.45) is 0 Å². The molecule has 1 heterocycles. The fourth-order valence-electron chi connectivity index (χ4n) is 2.02. The molecule has 1 aromatic carbocycles. The summed E-state index contributed by atoms with van der Waals surface area (Å²) in [5.41, 5.74) is 0.331. The number of pyridine rings is 1. The first-order chi connectivity index (χ1) is 11.4. The van der Waals surface area contributed by atoms with E-state index >= 15 is 0 Å². The maximum atomic E-state index is 13.1. The van der Waals surface area contributed by atoms with Gasteiger partial charge in [-0.2, -0.15) is 13.2 Å². The summed E-state index contributed by atoms with van der Waals surface area (Å²) in [6.07, 6.45) is -3.24. The van der Waals surface area contributed by atoms with Crippen molar-refractivity contribution in [2.75, 3.05) is 11.9 Å². The number of halogens is 3. The summed E-state index contributed by atoms with van der Waals surface area (Å²) in [7, 11) is 0. The number of aromatic nitrogens is 1. The lowest BCUT2D eigenvalue weighted by molar-refractivity contribution is -0.384.